The number of rotatable bonds is 6. The van der Waals surface area contributed by atoms with Gasteiger partial charge in [0.1, 0.15) is 11.5 Å². The average Bonchev–Trinajstić information content (AvgIpc) is 3.13. The molecule has 0 aliphatic rings. The Morgan fingerprint density at radius 3 is 2.66 bits per heavy atom. The van der Waals surface area contributed by atoms with Gasteiger partial charge in [-0.25, -0.2) is 5.43 Å². The Morgan fingerprint density at radius 1 is 1.17 bits per heavy atom. The third kappa shape index (κ3) is 5.17. The molecule has 0 atom stereocenters. The Bertz CT molecular complexity index is 1110. The van der Waals surface area contributed by atoms with E-state index in [-0.39, 0.29) is 18.0 Å². The number of hydrogen-bond acceptors (Lipinski definition) is 5. The molecule has 1 aromatic heterocycles. The largest absolute Gasteiger partial charge is 0.455 e. The molecule has 0 fully saturated rings. The Hall–Kier alpha value is -3.26. The number of aryl methyl sites for hydroxylation is 2. The molecule has 29 heavy (non-hydrogen) atoms. The molecule has 1 heterocycles. The van der Waals surface area contributed by atoms with Crippen molar-refractivity contribution in [1.82, 2.24) is 5.43 Å². The van der Waals surface area contributed by atoms with Gasteiger partial charge in [-0.1, -0.05) is 18.2 Å². The van der Waals surface area contributed by atoms with Crippen LogP contribution in [0.3, 0.4) is 0 Å². The standard InChI is InChI=1S/C21H18BrN3O4/c1-13-3-4-15(9-14(13)2)10-21(26)24-23-12-17-6-8-20(29-17)18-7-5-16(25(27)28)11-19(18)22/h3-9,11-12H,10H2,1-2H3,(H,24,26)/b23-12-. The van der Waals surface area contributed by atoms with Gasteiger partial charge in [-0.15, -0.1) is 0 Å². The lowest BCUT2D eigenvalue weighted by Crippen LogP contribution is -2.19. The molecule has 0 aliphatic carbocycles. The van der Waals surface area contributed by atoms with Crippen LogP contribution in [0.25, 0.3) is 11.3 Å². The Labute approximate surface area is 175 Å². The topological polar surface area (TPSA) is 97.7 Å². The summed E-state index contributed by atoms with van der Waals surface area (Å²) in [4.78, 5) is 22.4. The predicted octanol–water partition coefficient (Wildman–Crippen LogP) is 4.93. The van der Waals surface area contributed by atoms with Gasteiger partial charge < -0.3 is 4.42 Å². The number of non-ortho nitro benzene ring substituents is 1. The average molecular weight is 456 g/mol. The van der Waals surface area contributed by atoms with Crippen LogP contribution in [0.15, 0.2) is 62.5 Å². The van der Waals surface area contributed by atoms with Crippen molar-refractivity contribution in [1.29, 1.82) is 0 Å². The van der Waals surface area contributed by atoms with Crippen molar-refractivity contribution in [3.8, 4) is 11.3 Å². The number of carbonyl (C=O) groups is 1. The SMILES string of the molecule is Cc1ccc(CC(=O)N/N=C\c2ccc(-c3ccc([N+](=O)[O-])cc3Br)o2)cc1C. The smallest absolute Gasteiger partial charge is 0.270 e. The minimum atomic E-state index is -0.463. The second-order valence-corrected chi connectivity index (χ2v) is 7.37. The lowest BCUT2D eigenvalue weighted by molar-refractivity contribution is -0.384. The van der Waals surface area contributed by atoms with Crippen LogP contribution in [0.5, 0.6) is 0 Å². The molecule has 1 amide bonds. The monoisotopic (exact) mass is 455 g/mol. The van der Waals surface area contributed by atoms with Gasteiger partial charge in [-0.05, 0) is 64.7 Å². The lowest BCUT2D eigenvalue weighted by Gasteiger charge is -2.04. The molecule has 3 rings (SSSR count). The molecule has 0 radical (unpaired) electrons. The number of nitro groups is 1. The highest BCUT2D eigenvalue weighted by molar-refractivity contribution is 9.10. The first-order valence-electron chi connectivity index (χ1n) is 8.75. The molecule has 0 saturated heterocycles. The van der Waals surface area contributed by atoms with E-state index in [0.29, 0.717) is 21.6 Å². The predicted molar refractivity (Wildman–Crippen MR) is 114 cm³/mol. The summed E-state index contributed by atoms with van der Waals surface area (Å²) in [6.07, 6.45) is 1.64. The summed E-state index contributed by atoms with van der Waals surface area (Å²) in [5.74, 6) is 0.737. The van der Waals surface area contributed by atoms with Crippen molar-refractivity contribution in [3.63, 3.8) is 0 Å². The van der Waals surface area contributed by atoms with Gasteiger partial charge in [0.05, 0.1) is 17.6 Å². The number of hydrazone groups is 1. The second kappa shape index (κ2) is 8.83. The fourth-order valence-electron chi connectivity index (χ4n) is 2.69. The highest BCUT2D eigenvalue weighted by Gasteiger charge is 2.13. The Balaban J connectivity index is 1.62. The quantitative estimate of drug-likeness (QED) is 0.323. The highest BCUT2D eigenvalue weighted by Crippen LogP contribution is 2.32. The van der Waals surface area contributed by atoms with E-state index in [1.807, 2.05) is 32.0 Å². The van der Waals surface area contributed by atoms with Crippen molar-refractivity contribution in [2.75, 3.05) is 0 Å². The Morgan fingerprint density at radius 2 is 1.97 bits per heavy atom. The summed E-state index contributed by atoms with van der Waals surface area (Å²) in [5, 5.41) is 14.8. The van der Waals surface area contributed by atoms with E-state index in [9.17, 15) is 14.9 Å². The number of benzene rings is 2. The number of furan rings is 1. The van der Waals surface area contributed by atoms with Crippen molar-refractivity contribution in [2.45, 2.75) is 20.3 Å². The fraction of sp³-hybridized carbons (Fsp3) is 0.143. The van der Waals surface area contributed by atoms with E-state index < -0.39 is 4.92 Å². The van der Waals surface area contributed by atoms with E-state index in [1.165, 1.54) is 23.9 Å². The van der Waals surface area contributed by atoms with E-state index in [4.69, 9.17) is 4.42 Å². The molecule has 0 spiro atoms. The van der Waals surface area contributed by atoms with Crippen LogP contribution in [-0.2, 0) is 11.2 Å². The summed E-state index contributed by atoms with van der Waals surface area (Å²) >= 11 is 3.32. The lowest BCUT2D eigenvalue weighted by atomic mass is 10.0. The summed E-state index contributed by atoms with van der Waals surface area (Å²) in [6, 6.07) is 13.7. The van der Waals surface area contributed by atoms with Gasteiger partial charge in [0, 0.05) is 22.2 Å². The molecule has 7 nitrogen and oxygen atoms in total. The van der Waals surface area contributed by atoms with Gasteiger partial charge in [-0.2, -0.15) is 5.10 Å². The van der Waals surface area contributed by atoms with Gasteiger partial charge in [0.15, 0.2) is 0 Å². The molecular formula is C21H18BrN3O4. The van der Waals surface area contributed by atoms with Crippen LogP contribution in [0.4, 0.5) is 5.69 Å². The number of carbonyl (C=O) groups excluding carboxylic acids is 1. The summed E-state index contributed by atoms with van der Waals surface area (Å²) in [6.45, 7) is 4.03. The van der Waals surface area contributed by atoms with Crippen molar-refractivity contribution < 1.29 is 14.1 Å². The highest BCUT2D eigenvalue weighted by atomic mass is 79.9. The zero-order valence-electron chi connectivity index (χ0n) is 15.8. The van der Waals surface area contributed by atoms with Crippen LogP contribution < -0.4 is 5.43 Å². The van der Waals surface area contributed by atoms with Gasteiger partial charge in [0.25, 0.3) is 5.69 Å². The maximum atomic E-state index is 12.0. The van der Waals surface area contributed by atoms with E-state index in [2.05, 4.69) is 26.5 Å². The molecule has 0 unspecified atom stereocenters. The minimum absolute atomic E-state index is 0.0135. The van der Waals surface area contributed by atoms with E-state index in [0.717, 1.165) is 11.1 Å². The molecular weight excluding hydrogens is 438 g/mol. The maximum Gasteiger partial charge on any atom is 0.270 e. The molecule has 8 heteroatoms. The van der Waals surface area contributed by atoms with Crippen LogP contribution in [-0.4, -0.2) is 17.0 Å². The van der Waals surface area contributed by atoms with Crippen molar-refractivity contribution in [2.24, 2.45) is 5.10 Å². The first kappa shape index (κ1) is 20.5. The number of nitrogens with one attached hydrogen (secondary N) is 1. The molecule has 0 saturated carbocycles. The number of hydrogen-bond donors (Lipinski definition) is 1. The summed E-state index contributed by atoms with van der Waals surface area (Å²) in [7, 11) is 0. The molecule has 2 aromatic carbocycles. The maximum absolute atomic E-state index is 12.0. The molecule has 1 N–H and O–H groups in total. The van der Waals surface area contributed by atoms with E-state index in [1.54, 1.807) is 18.2 Å². The number of amides is 1. The Kier molecular flexibility index (Phi) is 6.23. The zero-order valence-corrected chi connectivity index (χ0v) is 17.4. The van der Waals surface area contributed by atoms with Crippen LogP contribution in [0.2, 0.25) is 0 Å². The molecule has 0 bridgehead atoms. The summed E-state index contributed by atoms with van der Waals surface area (Å²) in [5.41, 5.74) is 6.38. The van der Waals surface area contributed by atoms with Gasteiger partial charge >= 0.3 is 0 Å². The van der Waals surface area contributed by atoms with Gasteiger partial charge in [0.2, 0.25) is 5.91 Å². The zero-order chi connectivity index (χ0) is 21.0. The fourth-order valence-corrected chi connectivity index (χ4v) is 3.25. The van der Waals surface area contributed by atoms with Gasteiger partial charge in [-0.3, -0.25) is 14.9 Å². The third-order valence-electron chi connectivity index (χ3n) is 4.37. The number of nitrogens with zero attached hydrogens (tertiary/aromatic N) is 2. The molecule has 3 aromatic rings. The minimum Gasteiger partial charge on any atom is -0.455 e. The number of halogens is 1. The number of nitro benzene ring substituents is 1. The second-order valence-electron chi connectivity index (χ2n) is 6.51. The first-order valence-corrected chi connectivity index (χ1v) is 9.55. The summed E-state index contributed by atoms with van der Waals surface area (Å²) < 4.78 is 6.23. The van der Waals surface area contributed by atoms with Crippen LogP contribution in [0.1, 0.15) is 22.5 Å². The third-order valence-corrected chi connectivity index (χ3v) is 5.03. The van der Waals surface area contributed by atoms with Crippen LogP contribution >= 0.6 is 15.9 Å². The van der Waals surface area contributed by atoms with E-state index >= 15 is 0 Å². The normalized spacial score (nSPS) is 11.0. The molecule has 0 aliphatic heterocycles. The van der Waals surface area contributed by atoms with Crippen molar-refractivity contribution >= 4 is 33.7 Å². The van der Waals surface area contributed by atoms with Crippen LogP contribution in [0, 0.1) is 24.0 Å². The first-order chi connectivity index (χ1) is 13.8. The molecule has 148 valence electrons. The van der Waals surface area contributed by atoms with Crippen molar-refractivity contribution in [3.05, 3.63) is 85.6 Å².